The van der Waals surface area contributed by atoms with E-state index in [1.54, 1.807) is 31.2 Å². The van der Waals surface area contributed by atoms with Gasteiger partial charge in [-0.25, -0.2) is 4.90 Å². The van der Waals surface area contributed by atoms with Crippen molar-refractivity contribution in [2.24, 2.45) is 17.6 Å². The van der Waals surface area contributed by atoms with Gasteiger partial charge in [0.1, 0.15) is 5.54 Å². The molecular formula is C22H19N5O6. The SMILES string of the molecule is Cc1cc([N+](=O)[O-])ccc1N1C(=O)[C@@H]2[C@@H](C1=O)[C@@]1(N[C@@H]2CC(N)=O)C(=O)Nc2ccccc21. The summed E-state index contributed by atoms with van der Waals surface area (Å²) >= 11 is 0. The van der Waals surface area contributed by atoms with Gasteiger partial charge in [0, 0.05) is 35.8 Å². The number of hydrogen-bond acceptors (Lipinski definition) is 7. The number of aryl methyl sites for hydroxylation is 1. The lowest BCUT2D eigenvalue weighted by Gasteiger charge is -2.29. The number of nitrogens with one attached hydrogen (secondary N) is 2. The summed E-state index contributed by atoms with van der Waals surface area (Å²) in [7, 11) is 0. The average Bonchev–Trinajstić information content (AvgIpc) is 3.33. The molecule has 3 aliphatic heterocycles. The smallest absolute Gasteiger partial charge is 0.269 e. The first-order valence-electron chi connectivity index (χ1n) is 10.3. The maximum Gasteiger partial charge on any atom is 0.269 e. The van der Waals surface area contributed by atoms with Crippen LogP contribution in [0, 0.1) is 28.9 Å². The van der Waals surface area contributed by atoms with Crippen LogP contribution in [0.1, 0.15) is 17.5 Å². The number of nitrogens with zero attached hydrogens (tertiary/aromatic N) is 2. The van der Waals surface area contributed by atoms with Crippen LogP contribution in [0.3, 0.4) is 0 Å². The lowest BCUT2D eigenvalue weighted by atomic mass is 9.76. The molecule has 0 radical (unpaired) electrons. The molecule has 2 fully saturated rings. The fraction of sp³-hybridized carbons (Fsp3) is 0.273. The van der Waals surface area contributed by atoms with E-state index in [0.29, 0.717) is 16.8 Å². The third-order valence-electron chi connectivity index (χ3n) is 6.68. The largest absolute Gasteiger partial charge is 0.370 e. The van der Waals surface area contributed by atoms with Crippen LogP contribution >= 0.6 is 0 Å². The molecule has 5 rings (SSSR count). The molecule has 4 N–H and O–H groups in total. The van der Waals surface area contributed by atoms with E-state index in [9.17, 15) is 29.3 Å². The minimum absolute atomic E-state index is 0.177. The highest BCUT2D eigenvalue weighted by molar-refractivity contribution is 6.26. The number of anilines is 2. The number of primary amides is 1. The van der Waals surface area contributed by atoms with Crippen molar-refractivity contribution in [3.05, 3.63) is 63.7 Å². The Morgan fingerprint density at radius 2 is 1.91 bits per heavy atom. The number of carbonyl (C=O) groups is 4. The Balaban J connectivity index is 1.66. The standard InChI is InChI=1S/C22H19N5O6/c1-10-8-11(27(32)33)6-7-15(10)26-19(29)17-14(9-16(23)28)25-22(18(17)20(26)30)12-4-2-3-5-13(12)24-21(22)31/h2-8,14,17-18,25H,9H2,1H3,(H2,23,28)(H,24,31)/t14-,17+,18+,22-/m1/s1. The van der Waals surface area contributed by atoms with Gasteiger partial charge in [0.2, 0.25) is 23.6 Å². The van der Waals surface area contributed by atoms with E-state index in [-0.39, 0.29) is 17.8 Å². The topological polar surface area (TPSA) is 165 Å². The number of amides is 4. The van der Waals surface area contributed by atoms with Gasteiger partial charge < -0.3 is 11.1 Å². The Morgan fingerprint density at radius 3 is 2.58 bits per heavy atom. The van der Waals surface area contributed by atoms with Gasteiger partial charge in [0.05, 0.1) is 22.4 Å². The molecule has 3 heterocycles. The molecule has 1 spiro atoms. The Kier molecular flexibility index (Phi) is 4.37. The predicted molar refractivity (Wildman–Crippen MR) is 115 cm³/mol. The highest BCUT2D eigenvalue weighted by Gasteiger charge is 2.70. The number of non-ortho nitro benzene ring substituents is 1. The van der Waals surface area contributed by atoms with Crippen molar-refractivity contribution >= 4 is 40.7 Å². The summed E-state index contributed by atoms with van der Waals surface area (Å²) in [5, 5.41) is 17.0. The number of benzene rings is 2. The first-order chi connectivity index (χ1) is 15.7. The maximum absolute atomic E-state index is 13.8. The lowest BCUT2D eigenvalue weighted by Crippen LogP contribution is -2.53. The first-order valence-corrected chi connectivity index (χ1v) is 10.3. The molecule has 0 aromatic heterocycles. The normalized spacial score (nSPS) is 27.6. The third-order valence-corrected chi connectivity index (χ3v) is 6.68. The number of carbonyl (C=O) groups excluding carboxylic acids is 4. The molecule has 4 amide bonds. The molecule has 3 aliphatic rings. The molecule has 2 saturated heterocycles. The number of rotatable bonds is 4. The van der Waals surface area contributed by atoms with E-state index >= 15 is 0 Å². The number of nitro benzene ring substituents is 1. The molecule has 0 unspecified atom stereocenters. The quantitative estimate of drug-likeness (QED) is 0.351. The lowest BCUT2D eigenvalue weighted by molar-refractivity contribution is -0.384. The fourth-order valence-corrected chi connectivity index (χ4v) is 5.39. The van der Waals surface area contributed by atoms with Crippen LogP contribution in [0.5, 0.6) is 0 Å². The van der Waals surface area contributed by atoms with Crippen LogP contribution in [0.25, 0.3) is 0 Å². The monoisotopic (exact) mass is 449 g/mol. The summed E-state index contributed by atoms with van der Waals surface area (Å²) in [6.45, 7) is 1.56. The van der Waals surface area contributed by atoms with Crippen molar-refractivity contribution in [3.63, 3.8) is 0 Å². The summed E-state index contributed by atoms with van der Waals surface area (Å²) < 4.78 is 0. The van der Waals surface area contributed by atoms with Crippen molar-refractivity contribution in [3.8, 4) is 0 Å². The second-order valence-corrected chi connectivity index (χ2v) is 8.47. The van der Waals surface area contributed by atoms with Crippen molar-refractivity contribution in [1.29, 1.82) is 0 Å². The van der Waals surface area contributed by atoms with Gasteiger partial charge in [-0.2, -0.15) is 0 Å². The van der Waals surface area contributed by atoms with Crippen molar-refractivity contribution in [1.82, 2.24) is 5.32 Å². The Morgan fingerprint density at radius 1 is 1.18 bits per heavy atom. The number of imide groups is 1. The molecule has 2 aromatic carbocycles. The van der Waals surface area contributed by atoms with E-state index in [1.165, 1.54) is 18.2 Å². The van der Waals surface area contributed by atoms with E-state index in [2.05, 4.69) is 10.6 Å². The number of nitro groups is 1. The van der Waals surface area contributed by atoms with Gasteiger partial charge in [-0.15, -0.1) is 0 Å². The van der Waals surface area contributed by atoms with Gasteiger partial charge in [0.25, 0.3) is 5.69 Å². The van der Waals surface area contributed by atoms with Gasteiger partial charge in [0.15, 0.2) is 0 Å². The summed E-state index contributed by atoms with van der Waals surface area (Å²) in [5.74, 6) is -4.51. The van der Waals surface area contributed by atoms with Crippen LogP contribution < -0.4 is 21.3 Å². The summed E-state index contributed by atoms with van der Waals surface area (Å²) in [5.41, 5.74) is 5.28. The highest BCUT2D eigenvalue weighted by Crippen LogP contribution is 2.54. The molecule has 11 nitrogen and oxygen atoms in total. The number of nitrogens with two attached hydrogens (primary N) is 1. The van der Waals surface area contributed by atoms with Crippen molar-refractivity contribution in [2.75, 3.05) is 10.2 Å². The van der Waals surface area contributed by atoms with E-state index in [0.717, 1.165) is 4.90 Å². The highest BCUT2D eigenvalue weighted by atomic mass is 16.6. The predicted octanol–water partition coefficient (Wildman–Crippen LogP) is 0.704. The molecule has 2 aromatic rings. The first kappa shape index (κ1) is 20.8. The minimum Gasteiger partial charge on any atom is -0.370 e. The van der Waals surface area contributed by atoms with Crippen molar-refractivity contribution < 1.29 is 24.1 Å². The van der Waals surface area contributed by atoms with Gasteiger partial charge in [-0.1, -0.05) is 18.2 Å². The Bertz CT molecular complexity index is 1280. The number of fused-ring (bicyclic) bond motifs is 4. The number of para-hydroxylation sites is 1. The van der Waals surface area contributed by atoms with E-state index in [1.807, 2.05) is 0 Å². The Labute approximate surface area is 187 Å². The Hall–Kier alpha value is -4.12. The number of hydrogen-bond donors (Lipinski definition) is 3. The zero-order valence-corrected chi connectivity index (χ0v) is 17.4. The van der Waals surface area contributed by atoms with Gasteiger partial charge in [-0.3, -0.25) is 34.6 Å². The molecule has 4 atom stereocenters. The third kappa shape index (κ3) is 2.72. The molecule has 0 aliphatic carbocycles. The second-order valence-electron chi connectivity index (χ2n) is 8.47. The minimum atomic E-state index is -1.54. The van der Waals surface area contributed by atoms with E-state index in [4.69, 9.17) is 5.73 Å². The molecule has 33 heavy (non-hydrogen) atoms. The molecule has 0 bridgehead atoms. The molecular weight excluding hydrogens is 430 g/mol. The average molecular weight is 449 g/mol. The maximum atomic E-state index is 13.8. The zero-order valence-electron chi connectivity index (χ0n) is 17.4. The zero-order chi connectivity index (χ0) is 23.7. The van der Waals surface area contributed by atoms with Crippen LogP contribution in [0.15, 0.2) is 42.5 Å². The molecule has 168 valence electrons. The van der Waals surface area contributed by atoms with Crippen LogP contribution in [0.2, 0.25) is 0 Å². The van der Waals surface area contributed by atoms with Crippen molar-refractivity contribution in [2.45, 2.75) is 24.9 Å². The van der Waals surface area contributed by atoms with Gasteiger partial charge in [-0.05, 0) is 24.6 Å². The van der Waals surface area contributed by atoms with Crippen LogP contribution in [-0.4, -0.2) is 34.6 Å². The van der Waals surface area contributed by atoms with Gasteiger partial charge >= 0.3 is 0 Å². The summed E-state index contributed by atoms with van der Waals surface area (Å²) in [4.78, 5) is 63.9. The second kappa shape index (κ2) is 6.94. The molecule has 0 saturated carbocycles. The van der Waals surface area contributed by atoms with Crippen LogP contribution in [-0.2, 0) is 24.7 Å². The fourth-order valence-electron chi connectivity index (χ4n) is 5.39. The molecule has 11 heteroatoms. The van der Waals surface area contributed by atoms with E-state index < -0.39 is 52.0 Å². The summed E-state index contributed by atoms with van der Waals surface area (Å²) in [6, 6.07) is 9.83. The van der Waals surface area contributed by atoms with Crippen LogP contribution in [0.4, 0.5) is 17.1 Å². The summed E-state index contributed by atoms with van der Waals surface area (Å²) in [6.07, 6.45) is -0.246.